The number of fused-ring (bicyclic) bond motifs is 1. The normalized spacial score (nSPS) is 12.1. The molecule has 166 valence electrons. The molecule has 1 atom stereocenters. The monoisotopic (exact) mass is 424 g/mol. The molecule has 0 aliphatic carbocycles. The number of Topliss-reactive ketones (excluding diaryl/α,β-unsaturated/α-hetero) is 1. The summed E-state index contributed by atoms with van der Waals surface area (Å²) in [7, 11) is 1.64. The molecular weight excluding hydrogens is 392 g/mol. The number of aryl methyl sites for hydroxylation is 1. The molecule has 3 aromatic rings. The molecule has 7 nitrogen and oxygen atoms in total. The first-order chi connectivity index (χ1) is 15.0. The van der Waals surface area contributed by atoms with Crippen LogP contribution in [0.3, 0.4) is 0 Å². The summed E-state index contributed by atoms with van der Waals surface area (Å²) in [6.07, 6.45) is 10.3. The largest absolute Gasteiger partial charge is 0.497 e. The number of aromatic amines is 1. The van der Waals surface area contributed by atoms with Crippen LogP contribution in [-0.4, -0.2) is 33.3 Å². The van der Waals surface area contributed by atoms with E-state index >= 15 is 0 Å². The van der Waals surface area contributed by atoms with Crippen molar-refractivity contribution >= 4 is 22.6 Å². The molecule has 7 heteroatoms. The predicted molar refractivity (Wildman–Crippen MR) is 121 cm³/mol. The van der Waals surface area contributed by atoms with Crippen LogP contribution in [-0.2, 0) is 16.0 Å². The molecule has 0 saturated carbocycles. The number of ether oxygens (including phenoxy) is 1. The van der Waals surface area contributed by atoms with Gasteiger partial charge in [-0.1, -0.05) is 13.3 Å². The molecule has 1 unspecified atom stereocenters. The minimum Gasteiger partial charge on any atom is -0.497 e. The first-order valence-electron chi connectivity index (χ1n) is 11.0. The molecule has 0 bridgehead atoms. The van der Waals surface area contributed by atoms with Gasteiger partial charge in [-0.05, 0) is 49.9 Å². The Kier molecular flexibility index (Phi) is 7.87. The maximum atomic E-state index is 12.9. The highest BCUT2D eigenvalue weighted by atomic mass is 16.5. The number of rotatable bonds is 12. The Morgan fingerprint density at radius 1 is 1.26 bits per heavy atom. The zero-order chi connectivity index (χ0) is 22.2. The molecule has 2 heterocycles. The minimum atomic E-state index is -0.156. The average Bonchev–Trinajstić information content (AvgIpc) is 3.40. The van der Waals surface area contributed by atoms with Crippen LogP contribution >= 0.6 is 0 Å². The smallest absolute Gasteiger partial charge is 0.226 e. The summed E-state index contributed by atoms with van der Waals surface area (Å²) in [5.41, 5.74) is 2.96. The fourth-order valence-electron chi connectivity index (χ4n) is 3.88. The van der Waals surface area contributed by atoms with Crippen molar-refractivity contribution in [1.82, 2.24) is 19.9 Å². The lowest BCUT2D eigenvalue weighted by atomic mass is 10.1. The van der Waals surface area contributed by atoms with E-state index in [1.54, 1.807) is 19.6 Å². The van der Waals surface area contributed by atoms with Gasteiger partial charge in [-0.15, -0.1) is 0 Å². The number of carbonyl (C=O) groups is 2. The highest BCUT2D eigenvalue weighted by Crippen LogP contribution is 2.27. The molecule has 0 spiro atoms. The number of carbonyl (C=O) groups excluding carboxylic acids is 2. The number of aromatic nitrogens is 3. The van der Waals surface area contributed by atoms with Crippen molar-refractivity contribution in [3.63, 3.8) is 0 Å². The molecule has 0 aliphatic rings. The van der Waals surface area contributed by atoms with Crippen molar-refractivity contribution in [3.8, 4) is 5.75 Å². The van der Waals surface area contributed by atoms with E-state index in [-0.39, 0.29) is 18.5 Å². The second-order valence-electron chi connectivity index (χ2n) is 7.90. The van der Waals surface area contributed by atoms with Crippen molar-refractivity contribution in [3.05, 3.63) is 48.2 Å². The third-order valence-electron chi connectivity index (χ3n) is 5.70. The number of nitrogens with one attached hydrogen (secondary N) is 2. The van der Waals surface area contributed by atoms with Gasteiger partial charge in [0, 0.05) is 41.8 Å². The lowest BCUT2D eigenvalue weighted by Crippen LogP contribution is -2.33. The summed E-state index contributed by atoms with van der Waals surface area (Å²) in [5, 5.41) is 4.17. The van der Waals surface area contributed by atoms with Crippen molar-refractivity contribution in [1.29, 1.82) is 0 Å². The predicted octanol–water partition coefficient (Wildman–Crippen LogP) is 4.47. The Bertz CT molecular complexity index is 1010. The maximum Gasteiger partial charge on any atom is 0.226 e. The van der Waals surface area contributed by atoms with Crippen molar-refractivity contribution in [2.45, 2.75) is 65.0 Å². The summed E-state index contributed by atoms with van der Waals surface area (Å²) in [5.74, 6) is 1.04. The van der Waals surface area contributed by atoms with E-state index in [4.69, 9.17) is 4.74 Å². The number of imidazole rings is 1. The lowest BCUT2D eigenvalue weighted by Gasteiger charge is -2.20. The van der Waals surface area contributed by atoms with Crippen LogP contribution in [0.5, 0.6) is 5.75 Å². The Labute approximate surface area is 183 Å². The van der Waals surface area contributed by atoms with Gasteiger partial charge in [0.1, 0.15) is 17.7 Å². The number of unbranched alkanes of at least 4 members (excludes halogenated alkanes) is 2. The third-order valence-corrected chi connectivity index (χ3v) is 5.70. The molecule has 0 fully saturated rings. The van der Waals surface area contributed by atoms with Crippen molar-refractivity contribution < 1.29 is 14.3 Å². The molecule has 0 saturated heterocycles. The molecule has 2 aromatic heterocycles. The van der Waals surface area contributed by atoms with Crippen LogP contribution in [0.2, 0.25) is 0 Å². The fourth-order valence-corrected chi connectivity index (χ4v) is 3.88. The molecule has 31 heavy (non-hydrogen) atoms. The lowest BCUT2D eigenvalue weighted by molar-refractivity contribution is -0.122. The summed E-state index contributed by atoms with van der Waals surface area (Å²) < 4.78 is 7.28. The fraction of sp³-hybridized carbons (Fsp3) is 0.458. The van der Waals surface area contributed by atoms with Crippen molar-refractivity contribution in [2.75, 3.05) is 7.11 Å². The number of benzene rings is 1. The van der Waals surface area contributed by atoms with E-state index in [0.717, 1.165) is 53.6 Å². The van der Waals surface area contributed by atoms with Gasteiger partial charge in [0.25, 0.3) is 0 Å². The molecule has 1 aromatic carbocycles. The number of hydrogen-bond acceptors (Lipinski definition) is 4. The van der Waals surface area contributed by atoms with Gasteiger partial charge in [-0.3, -0.25) is 9.59 Å². The second kappa shape index (κ2) is 10.8. The van der Waals surface area contributed by atoms with E-state index in [0.29, 0.717) is 18.6 Å². The highest BCUT2D eigenvalue weighted by Gasteiger charge is 2.17. The van der Waals surface area contributed by atoms with E-state index in [2.05, 4.69) is 15.3 Å². The molecule has 0 aliphatic heterocycles. The SMILES string of the molecule is CCC(=O)CCCCCC(NC(=O)Cc1c(C)[nH]c2ccc(OC)cc12)n1ccnc1. The van der Waals surface area contributed by atoms with Crippen LogP contribution in [0, 0.1) is 6.92 Å². The Morgan fingerprint density at radius 3 is 2.81 bits per heavy atom. The summed E-state index contributed by atoms with van der Waals surface area (Å²) >= 11 is 0. The third kappa shape index (κ3) is 5.96. The van der Waals surface area contributed by atoms with Gasteiger partial charge in [0.05, 0.1) is 19.9 Å². The quantitative estimate of drug-likeness (QED) is 0.420. The van der Waals surface area contributed by atoms with Gasteiger partial charge in [0.2, 0.25) is 5.91 Å². The number of amides is 1. The first kappa shape index (κ1) is 22.6. The average molecular weight is 425 g/mol. The van der Waals surface area contributed by atoms with Crippen LogP contribution in [0.15, 0.2) is 36.9 Å². The van der Waals surface area contributed by atoms with E-state index < -0.39 is 0 Å². The molecule has 2 N–H and O–H groups in total. The van der Waals surface area contributed by atoms with Crippen molar-refractivity contribution in [2.24, 2.45) is 0 Å². The van der Waals surface area contributed by atoms with Gasteiger partial charge in [0.15, 0.2) is 0 Å². The van der Waals surface area contributed by atoms with Gasteiger partial charge in [-0.2, -0.15) is 0 Å². The highest BCUT2D eigenvalue weighted by molar-refractivity contribution is 5.91. The van der Waals surface area contributed by atoms with E-state index in [1.165, 1.54) is 0 Å². The molecule has 1 amide bonds. The maximum absolute atomic E-state index is 12.9. The zero-order valence-corrected chi connectivity index (χ0v) is 18.6. The van der Waals surface area contributed by atoms with E-state index in [1.807, 2.05) is 42.8 Å². The number of ketones is 1. The summed E-state index contributed by atoms with van der Waals surface area (Å²) in [6, 6.07) is 5.85. The summed E-state index contributed by atoms with van der Waals surface area (Å²) in [6.45, 7) is 3.89. The zero-order valence-electron chi connectivity index (χ0n) is 18.6. The number of nitrogens with zero attached hydrogens (tertiary/aromatic N) is 2. The molecular formula is C24H32N4O3. The van der Waals surface area contributed by atoms with Gasteiger partial charge in [-0.25, -0.2) is 4.98 Å². The Morgan fingerprint density at radius 2 is 2.10 bits per heavy atom. The van der Waals surface area contributed by atoms with Crippen LogP contribution < -0.4 is 10.1 Å². The van der Waals surface area contributed by atoms with E-state index in [9.17, 15) is 9.59 Å². The second-order valence-corrected chi connectivity index (χ2v) is 7.90. The van der Waals surface area contributed by atoms with Gasteiger partial charge < -0.3 is 19.6 Å². The molecule has 3 rings (SSSR count). The number of hydrogen-bond donors (Lipinski definition) is 2. The van der Waals surface area contributed by atoms with Gasteiger partial charge >= 0.3 is 0 Å². The van der Waals surface area contributed by atoms with Crippen LogP contribution in [0.1, 0.15) is 62.9 Å². The van der Waals surface area contributed by atoms with Crippen LogP contribution in [0.25, 0.3) is 10.9 Å². The number of H-pyrrole nitrogens is 1. The topological polar surface area (TPSA) is 89.0 Å². The first-order valence-corrected chi connectivity index (χ1v) is 11.0. The molecule has 0 radical (unpaired) electrons. The standard InChI is InChI=1S/C24H32N4O3/c1-4-18(29)8-6-5-7-9-23(28-13-12-25-16-28)27-24(30)15-20-17(2)26-22-11-10-19(31-3)14-21(20)22/h10-14,16,23,26H,4-9,15H2,1-3H3,(H,27,30). The minimum absolute atomic E-state index is 0.0355. The Hall–Kier alpha value is -3.09. The van der Waals surface area contributed by atoms with Crippen LogP contribution in [0.4, 0.5) is 0 Å². The Balaban J connectivity index is 1.63. The number of methoxy groups -OCH3 is 1. The summed E-state index contributed by atoms with van der Waals surface area (Å²) in [4.78, 5) is 31.9.